The summed E-state index contributed by atoms with van der Waals surface area (Å²) < 4.78 is 36.6. The van der Waals surface area contributed by atoms with Crippen LogP contribution in [0.25, 0.3) is 5.57 Å². The summed E-state index contributed by atoms with van der Waals surface area (Å²) in [6, 6.07) is 3.76. The van der Waals surface area contributed by atoms with Gasteiger partial charge in [-0.15, -0.1) is 0 Å². The molecule has 0 N–H and O–H groups in total. The van der Waals surface area contributed by atoms with Crippen LogP contribution in [0.2, 0.25) is 0 Å². The van der Waals surface area contributed by atoms with Crippen LogP contribution in [0, 0.1) is 5.82 Å². The van der Waals surface area contributed by atoms with E-state index in [-0.39, 0.29) is 4.90 Å². The van der Waals surface area contributed by atoms with Gasteiger partial charge >= 0.3 is 0 Å². The van der Waals surface area contributed by atoms with E-state index in [9.17, 15) is 12.8 Å². The summed E-state index contributed by atoms with van der Waals surface area (Å²) >= 11 is 0. The predicted octanol–water partition coefficient (Wildman–Crippen LogP) is 1.52. The number of nitrogens with zero attached hydrogens (tertiary/aromatic N) is 1. The fourth-order valence-electron chi connectivity index (χ4n) is 1.78. The summed E-state index contributed by atoms with van der Waals surface area (Å²) in [6.07, 6.45) is 0. The zero-order valence-electron chi connectivity index (χ0n) is 9.07. The molecular weight excluding hydrogens is 229 g/mol. The Hall–Kier alpha value is -1.20. The van der Waals surface area contributed by atoms with Gasteiger partial charge in [0.2, 0.25) is 9.84 Å². The van der Waals surface area contributed by atoms with Gasteiger partial charge in [-0.3, -0.25) is 0 Å². The molecule has 1 aromatic carbocycles. The molecule has 86 valence electrons. The maximum atomic E-state index is 13.1. The number of sulfone groups is 1. The van der Waals surface area contributed by atoms with Crippen molar-refractivity contribution in [1.82, 2.24) is 4.90 Å². The summed E-state index contributed by atoms with van der Waals surface area (Å²) in [7, 11) is 0.304. The van der Waals surface area contributed by atoms with Crippen molar-refractivity contribution in [2.24, 2.45) is 0 Å². The van der Waals surface area contributed by atoms with Crippen molar-refractivity contribution in [1.29, 1.82) is 0 Å². The van der Waals surface area contributed by atoms with E-state index in [4.69, 9.17) is 0 Å². The number of likely N-dealkylation sites (N-methyl/N-ethyl adjacent to an activating group) is 1. The van der Waals surface area contributed by atoms with Crippen molar-refractivity contribution in [3.05, 3.63) is 35.0 Å². The van der Waals surface area contributed by atoms with Crippen LogP contribution in [0.15, 0.2) is 28.5 Å². The highest BCUT2D eigenvalue weighted by molar-refractivity contribution is 7.95. The van der Waals surface area contributed by atoms with E-state index < -0.39 is 15.7 Å². The topological polar surface area (TPSA) is 37.4 Å². The van der Waals surface area contributed by atoms with E-state index in [1.54, 1.807) is 0 Å². The Labute approximate surface area is 94.1 Å². The zero-order chi connectivity index (χ0) is 11.9. The maximum absolute atomic E-state index is 13.1. The van der Waals surface area contributed by atoms with E-state index in [1.807, 2.05) is 19.0 Å². The first-order valence-electron chi connectivity index (χ1n) is 4.80. The van der Waals surface area contributed by atoms with Gasteiger partial charge in [0.25, 0.3) is 0 Å². The molecule has 1 aliphatic heterocycles. The van der Waals surface area contributed by atoms with Crippen LogP contribution >= 0.6 is 0 Å². The first-order chi connectivity index (χ1) is 7.40. The Bertz CT molecular complexity index is 561. The second-order valence-corrected chi connectivity index (χ2v) is 5.83. The van der Waals surface area contributed by atoms with Crippen LogP contribution in [0.1, 0.15) is 5.56 Å². The molecule has 0 aliphatic carbocycles. The largest absolute Gasteiger partial charge is 0.305 e. The maximum Gasteiger partial charge on any atom is 0.200 e. The van der Waals surface area contributed by atoms with Crippen LogP contribution in [0.4, 0.5) is 4.39 Å². The van der Waals surface area contributed by atoms with Gasteiger partial charge in [-0.25, -0.2) is 12.8 Å². The number of hydrogen-bond donors (Lipinski definition) is 0. The van der Waals surface area contributed by atoms with Gasteiger partial charge in [0.1, 0.15) is 5.82 Å². The molecule has 1 aliphatic rings. The molecule has 16 heavy (non-hydrogen) atoms. The normalized spacial score (nSPS) is 17.4. The smallest absolute Gasteiger partial charge is 0.200 e. The van der Waals surface area contributed by atoms with E-state index in [0.717, 1.165) is 0 Å². The summed E-state index contributed by atoms with van der Waals surface area (Å²) in [5.41, 5.74) is 1.12. The third-order valence-electron chi connectivity index (χ3n) is 2.38. The summed E-state index contributed by atoms with van der Waals surface area (Å²) in [5.74, 6) is -0.416. The van der Waals surface area contributed by atoms with E-state index in [1.165, 1.54) is 23.6 Å². The van der Waals surface area contributed by atoms with Crippen molar-refractivity contribution in [2.45, 2.75) is 4.90 Å². The Kier molecular flexibility index (Phi) is 2.59. The number of fused-ring (bicyclic) bond motifs is 1. The molecule has 0 amide bonds. The van der Waals surface area contributed by atoms with Crippen LogP contribution in [-0.2, 0) is 9.84 Å². The molecule has 0 atom stereocenters. The van der Waals surface area contributed by atoms with Gasteiger partial charge in [0.15, 0.2) is 0 Å². The molecule has 0 unspecified atom stereocenters. The molecule has 1 heterocycles. The highest BCUT2D eigenvalue weighted by Gasteiger charge is 2.27. The monoisotopic (exact) mass is 241 g/mol. The Morgan fingerprint density at radius 3 is 2.62 bits per heavy atom. The number of benzene rings is 1. The van der Waals surface area contributed by atoms with Gasteiger partial charge in [-0.1, -0.05) is 0 Å². The summed E-state index contributed by atoms with van der Waals surface area (Å²) in [4.78, 5) is 2.05. The average molecular weight is 241 g/mol. The third-order valence-corrected chi connectivity index (χ3v) is 3.94. The minimum absolute atomic E-state index is 0.200. The molecule has 0 saturated heterocycles. The number of halogens is 1. The van der Waals surface area contributed by atoms with E-state index in [2.05, 4.69) is 0 Å². The lowest BCUT2D eigenvalue weighted by atomic mass is 10.1. The van der Waals surface area contributed by atoms with Gasteiger partial charge in [-0.05, 0) is 37.9 Å². The average Bonchev–Trinajstić information content (AvgIpc) is 2.37. The molecule has 0 spiro atoms. The molecule has 5 heteroatoms. The Morgan fingerprint density at radius 1 is 1.31 bits per heavy atom. The first-order valence-corrected chi connectivity index (χ1v) is 6.35. The van der Waals surface area contributed by atoms with E-state index in [0.29, 0.717) is 17.7 Å². The van der Waals surface area contributed by atoms with Gasteiger partial charge < -0.3 is 4.90 Å². The number of hydrogen-bond acceptors (Lipinski definition) is 3. The van der Waals surface area contributed by atoms with Crippen molar-refractivity contribution in [2.75, 3.05) is 20.6 Å². The van der Waals surface area contributed by atoms with Gasteiger partial charge in [0.05, 0.1) is 4.90 Å². The zero-order valence-corrected chi connectivity index (χ0v) is 9.88. The second-order valence-electron chi connectivity index (χ2n) is 4.07. The Morgan fingerprint density at radius 2 is 2.00 bits per heavy atom. The quantitative estimate of drug-likeness (QED) is 0.737. The van der Waals surface area contributed by atoms with Crippen LogP contribution < -0.4 is 0 Å². The third kappa shape index (κ3) is 1.88. The lowest BCUT2D eigenvalue weighted by molar-refractivity contribution is 0.463. The fraction of sp³-hybridized carbons (Fsp3) is 0.273. The fourth-order valence-corrected chi connectivity index (χ4v) is 3.24. The minimum Gasteiger partial charge on any atom is -0.305 e. The molecular formula is C11H12FNO2S. The van der Waals surface area contributed by atoms with Crippen LogP contribution in [0.5, 0.6) is 0 Å². The van der Waals surface area contributed by atoms with Crippen molar-refractivity contribution < 1.29 is 12.8 Å². The van der Waals surface area contributed by atoms with Crippen molar-refractivity contribution >= 4 is 15.4 Å². The molecule has 0 fully saturated rings. The second kappa shape index (κ2) is 3.68. The molecule has 0 aromatic heterocycles. The van der Waals surface area contributed by atoms with Crippen molar-refractivity contribution in [3.8, 4) is 0 Å². The van der Waals surface area contributed by atoms with E-state index >= 15 is 0 Å². The van der Waals surface area contributed by atoms with Crippen LogP contribution in [-0.4, -0.2) is 34.0 Å². The first kappa shape index (κ1) is 11.3. The van der Waals surface area contributed by atoms with Gasteiger partial charge in [0, 0.05) is 17.5 Å². The van der Waals surface area contributed by atoms with Crippen LogP contribution in [0.3, 0.4) is 0 Å². The standard InChI is InChI=1S/C11H12FNO2S/c1-13(2)6-8-7-16(14,15)11-4-3-9(12)5-10(8)11/h3-5,7H,6H2,1-2H3. The lowest BCUT2D eigenvalue weighted by Crippen LogP contribution is -2.13. The molecule has 0 radical (unpaired) electrons. The predicted molar refractivity (Wildman–Crippen MR) is 60.1 cm³/mol. The SMILES string of the molecule is CN(C)CC1=CS(=O)(=O)c2ccc(F)cc21. The molecule has 3 nitrogen and oxygen atoms in total. The lowest BCUT2D eigenvalue weighted by Gasteiger charge is -2.10. The number of rotatable bonds is 2. The Balaban J connectivity index is 2.57. The van der Waals surface area contributed by atoms with Gasteiger partial charge in [-0.2, -0.15) is 0 Å². The highest BCUT2D eigenvalue weighted by Crippen LogP contribution is 2.33. The molecule has 1 aromatic rings. The van der Waals surface area contributed by atoms with Crippen molar-refractivity contribution in [3.63, 3.8) is 0 Å². The molecule has 0 saturated carbocycles. The summed E-state index contributed by atoms with van der Waals surface area (Å²) in [5, 5.41) is 1.22. The highest BCUT2D eigenvalue weighted by atomic mass is 32.2. The molecule has 2 rings (SSSR count). The summed E-state index contributed by atoms with van der Waals surface area (Å²) in [6.45, 7) is 0.482. The molecule has 0 bridgehead atoms. The minimum atomic E-state index is -3.37.